The maximum absolute atomic E-state index is 13.5. The minimum absolute atomic E-state index is 0.0822. The Morgan fingerprint density at radius 3 is 2.67 bits per heavy atom. The number of rotatable bonds is 10. The maximum atomic E-state index is 13.5. The fraction of sp³-hybridized carbons (Fsp3) is 0.391. The minimum Gasteiger partial charge on any atom is -0.375 e. The van der Waals surface area contributed by atoms with Crippen molar-refractivity contribution < 1.29 is 23.8 Å². The van der Waals surface area contributed by atoms with E-state index in [1.165, 1.54) is 16.9 Å². The molecule has 0 spiro atoms. The molecule has 7 nitrogen and oxygen atoms in total. The Morgan fingerprint density at radius 2 is 2.07 bits per heavy atom. The van der Waals surface area contributed by atoms with E-state index in [2.05, 4.69) is 19.1 Å². The number of hydrogen-bond donors (Lipinski definition) is 0. The van der Waals surface area contributed by atoms with Gasteiger partial charge < -0.3 is 24.0 Å². The first-order valence-corrected chi connectivity index (χ1v) is 9.63. The molecule has 1 heterocycles. The summed E-state index contributed by atoms with van der Waals surface area (Å²) in [6, 6.07) is 7.83. The van der Waals surface area contributed by atoms with Gasteiger partial charge in [0.05, 0.1) is 26.3 Å². The predicted octanol–water partition coefficient (Wildman–Crippen LogP) is 1.72. The van der Waals surface area contributed by atoms with E-state index in [-0.39, 0.29) is 44.7 Å². The van der Waals surface area contributed by atoms with E-state index >= 15 is 0 Å². The zero-order valence-corrected chi connectivity index (χ0v) is 17.2. The fourth-order valence-electron chi connectivity index (χ4n) is 3.25. The first kappa shape index (κ1) is 23.4. The van der Waals surface area contributed by atoms with Gasteiger partial charge in [0.2, 0.25) is 5.91 Å². The van der Waals surface area contributed by atoms with Gasteiger partial charge in [0.25, 0.3) is 5.91 Å². The van der Waals surface area contributed by atoms with Crippen LogP contribution in [0.4, 0.5) is 0 Å². The van der Waals surface area contributed by atoms with Crippen LogP contribution in [0.25, 0.3) is 0 Å². The molecule has 160 valence electrons. The van der Waals surface area contributed by atoms with Gasteiger partial charge in [0, 0.05) is 19.2 Å². The van der Waals surface area contributed by atoms with Crippen LogP contribution in [0.3, 0.4) is 0 Å². The highest BCUT2D eigenvalue weighted by Gasteiger charge is 2.45. The quantitative estimate of drug-likeness (QED) is 0.333. The second-order valence-electron chi connectivity index (χ2n) is 6.65. The smallest absolute Gasteiger partial charge is 0.254 e. The lowest BCUT2D eigenvalue weighted by atomic mass is 10.0. The fourth-order valence-corrected chi connectivity index (χ4v) is 3.25. The molecular formula is C23H28N2O5. The second-order valence-corrected chi connectivity index (χ2v) is 6.65. The average Bonchev–Trinajstić information content (AvgIpc) is 2.78. The van der Waals surface area contributed by atoms with Crippen molar-refractivity contribution in [2.45, 2.75) is 18.4 Å². The summed E-state index contributed by atoms with van der Waals surface area (Å²) in [6.45, 7) is 8.11. The summed E-state index contributed by atoms with van der Waals surface area (Å²) in [5.41, 5.74) is 0.463. The number of ether oxygens (including phenoxy) is 3. The van der Waals surface area contributed by atoms with Crippen LogP contribution in [-0.2, 0) is 19.0 Å². The molecule has 0 aromatic heterocycles. The summed E-state index contributed by atoms with van der Waals surface area (Å²) in [5, 5.41) is 0. The van der Waals surface area contributed by atoms with Crippen LogP contribution in [0.2, 0.25) is 0 Å². The van der Waals surface area contributed by atoms with Crippen LogP contribution in [0.15, 0.2) is 55.6 Å². The summed E-state index contributed by atoms with van der Waals surface area (Å²) in [7, 11) is 1.49. The van der Waals surface area contributed by atoms with Gasteiger partial charge in [-0.1, -0.05) is 36.3 Å². The highest BCUT2D eigenvalue weighted by atomic mass is 16.7. The van der Waals surface area contributed by atoms with Gasteiger partial charge in [-0.3, -0.25) is 9.59 Å². The van der Waals surface area contributed by atoms with Crippen molar-refractivity contribution >= 4 is 11.8 Å². The highest BCUT2D eigenvalue weighted by Crippen LogP contribution is 2.24. The van der Waals surface area contributed by atoms with Crippen molar-refractivity contribution in [1.29, 1.82) is 0 Å². The molecule has 0 bridgehead atoms. The Morgan fingerprint density at radius 1 is 1.33 bits per heavy atom. The summed E-state index contributed by atoms with van der Waals surface area (Å²) in [4.78, 5) is 29.7. The third kappa shape index (κ3) is 5.80. The molecule has 30 heavy (non-hydrogen) atoms. The largest absolute Gasteiger partial charge is 0.375 e. The van der Waals surface area contributed by atoms with Crippen molar-refractivity contribution in [3.8, 4) is 12.3 Å². The van der Waals surface area contributed by atoms with E-state index in [9.17, 15) is 9.59 Å². The van der Waals surface area contributed by atoms with Crippen LogP contribution in [0, 0.1) is 12.3 Å². The molecule has 0 aliphatic carbocycles. The Labute approximate surface area is 177 Å². The number of carbonyl (C=O) groups is 2. The summed E-state index contributed by atoms with van der Waals surface area (Å²) >= 11 is 0. The molecule has 1 saturated heterocycles. The average molecular weight is 412 g/mol. The zero-order chi connectivity index (χ0) is 21.9. The first-order chi connectivity index (χ1) is 14.6. The number of benzene rings is 1. The normalized spacial score (nSPS) is 20.8. The molecule has 0 N–H and O–H groups in total. The van der Waals surface area contributed by atoms with E-state index < -0.39 is 18.4 Å². The Bertz CT molecular complexity index is 774. The Hall–Kier alpha value is -2.92. The first-order valence-electron chi connectivity index (χ1n) is 9.63. The van der Waals surface area contributed by atoms with E-state index in [4.69, 9.17) is 20.6 Å². The van der Waals surface area contributed by atoms with Crippen LogP contribution < -0.4 is 0 Å². The van der Waals surface area contributed by atoms with Gasteiger partial charge in [-0.2, -0.15) is 0 Å². The van der Waals surface area contributed by atoms with E-state index in [1.807, 2.05) is 6.07 Å². The molecule has 7 heteroatoms. The highest BCUT2D eigenvalue weighted by molar-refractivity contribution is 5.98. The van der Waals surface area contributed by atoms with Gasteiger partial charge in [0.1, 0.15) is 12.1 Å². The molecule has 3 atom stereocenters. The van der Waals surface area contributed by atoms with Gasteiger partial charge in [-0.05, 0) is 12.1 Å². The van der Waals surface area contributed by atoms with E-state index in [0.717, 1.165) is 0 Å². The van der Waals surface area contributed by atoms with Crippen molar-refractivity contribution in [3.05, 3.63) is 61.2 Å². The number of amides is 2. The van der Waals surface area contributed by atoms with Crippen LogP contribution in [-0.4, -0.2) is 80.0 Å². The zero-order valence-electron chi connectivity index (χ0n) is 17.2. The van der Waals surface area contributed by atoms with E-state index in [0.29, 0.717) is 5.56 Å². The summed E-state index contributed by atoms with van der Waals surface area (Å²) in [5.74, 6) is 1.85. The number of hydrogen-bond acceptors (Lipinski definition) is 5. The molecule has 0 radical (unpaired) electrons. The van der Waals surface area contributed by atoms with Crippen molar-refractivity contribution in [3.63, 3.8) is 0 Å². The topological polar surface area (TPSA) is 68.3 Å². The van der Waals surface area contributed by atoms with Crippen LogP contribution in [0.1, 0.15) is 10.4 Å². The maximum Gasteiger partial charge on any atom is 0.254 e. The third-order valence-electron chi connectivity index (χ3n) is 4.62. The molecule has 0 saturated carbocycles. The molecule has 1 aliphatic heterocycles. The van der Waals surface area contributed by atoms with Crippen LogP contribution >= 0.6 is 0 Å². The van der Waals surface area contributed by atoms with Crippen molar-refractivity contribution in [2.24, 2.45) is 0 Å². The van der Waals surface area contributed by atoms with E-state index in [1.54, 1.807) is 36.4 Å². The SMILES string of the molecule is C#CCN(CC=C)C(=O)C1C(COCC=C)OC(OC)CN1C(=O)c1ccccc1. The standard InChI is InChI=1S/C23H28N2O5/c1-5-13-24(14-6-2)23(27)21-19(17-29-15-7-3)30-20(28-4)16-25(21)22(26)18-11-9-8-10-12-18/h1,6-12,19-21H,2-3,13-17H2,4H3. The molecule has 1 aromatic rings. The van der Waals surface area contributed by atoms with Gasteiger partial charge in [-0.15, -0.1) is 19.6 Å². The lowest BCUT2D eigenvalue weighted by Crippen LogP contribution is -2.64. The lowest BCUT2D eigenvalue weighted by Gasteiger charge is -2.44. The molecule has 2 rings (SSSR count). The lowest BCUT2D eigenvalue weighted by molar-refractivity contribution is -0.221. The minimum atomic E-state index is -0.928. The monoisotopic (exact) mass is 412 g/mol. The predicted molar refractivity (Wildman–Crippen MR) is 114 cm³/mol. The second kappa shape index (κ2) is 11.9. The van der Waals surface area contributed by atoms with Crippen molar-refractivity contribution in [1.82, 2.24) is 9.80 Å². The molecule has 3 unspecified atom stereocenters. The summed E-state index contributed by atoms with van der Waals surface area (Å²) < 4.78 is 16.9. The number of methoxy groups -OCH3 is 1. The van der Waals surface area contributed by atoms with Crippen molar-refractivity contribution in [2.75, 3.05) is 40.0 Å². The number of morpholine rings is 1. The molecule has 1 fully saturated rings. The molecule has 1 aromatic carbocycles. The Kier molecular flexibility index (Phi) is 9.29. The van der Waals surface area contributed by atoms with Gasteiger partial charge >= 0.3 is 0 Å². The Balaban J connectivity index is 2.42. The number of carbonyl (C=O) groups excluding carboxylic acids is 2. The van der Waals surface area contributed by atoms with Gasteiger partial charge in [0.15, 0.2) is 6.29 Å². The number of nitrogens with zero attached hydrogens (tertiary/aromatic N) is 2. The molecular weight excluding hydrogens is 384 g/mol. The molecule has 1 aliphatic rings. The summed E-state index contributed by atoms with van der Waals surface area (Å²) in [6.07, 6.45) is 7.19. The van der Waals surface area contributed by atoms with Crippen LogP contribution in [0.5, 0.6) is 0 Å². The number of terminal acetylenes is 1. The van der Waals surface area contributed by atoms with Gasteiger partial charge in [-0.25, -0.2) is 0 Å². The molecule has 2 amide bonds. The third-order valence-corrected chi connectivity index (χ3v) is 4.62.